The molecule has 0 amide bonds. The largest absolute Gasteiger partial charge is 0.366 e. The number of nitrogens with zero attached hydrogens (tertiary/aromatic N) is 4. The predicted octanol–water partition coefficient (Wildman–Crippen LogP) is -0.270. The van der Waals surface area contributed by atoms with Gasteiger partial charge in [-0.3, -0.25) is 0 Å². The summed E-state index contributed by atoms with van der Waals surface area (Å²) in [6, 6.07) is 0. The highest BCUT2D eigenvalue weighted by Gasteiger charge is 2.01. The Kier molecular flexibility index (Phi) is 2.65. The summed E-state index contributed by atoms with van der Waals surface area (Å²) in [5.41, 5.74) is 5.43. The van der Waals surface area contributed by atoms with Crippen molar-refractivity contribution in [3.8, 4) is 0 Å². The van der Waals surface area contributed by atoms with Crippen LogP contribution in [-0.4, -0.2) is 40.3 Å². The summed E-state index contributed by atoms with van der Waals surface area (Å²) in [6.07, 6.45) is 0. The Labute approximate surface area is 72.2 Å². The molecular formula is C7H15N5. The number of hydrogen-bond acceptors (Lipinski definition) is 4. The monoisotopic (exact) mass is 169 g/mol. The van der Waals surface area contributed by atoms with Crippen LogP contribution in [0.25, 0.3) is 0 Å². The van der Waals surface area contributed by atoms with E-state index in [-0.39, 0.29) is 0 Å². The predicted molar refractivity (Wildman–Crippen MR) is 47.7 cm³/mol. The van der Waals surface area contributed by atoms with Crippen LogP contribution in [-0.2, 0) is 6.54 Å². The van der Waals surface area contributed by atoms with Crippen LogP contribution < -0.4 is 5.73 Å². The van der Waals surface area contributed by atoms with Crippen molar-refractivity contribution in [3.63, 3.8) is 0 Å². The van der Waals surface area contributed by atoms with E-state index >= 15 is 0 Å². The standard InChI is InChI=1S/C7H15N5/c1-6-9-7(8)10-12(6)5-4-11(2)3/h4-5H2,1-3H3,(H2,8,10). The van der Waals surface area contributed by atoms with Crippen LogP contribution in [0.3, 0.4) is 0 Å². The number of likely N-dealkylation sites (N-methyl/N-ethyl adjacent to an activating group) is 1. The van der Waals surface area contributed by atoms with E-state index in [4.69, 9.17) is 5.73 Å². The van der Waals surface area contributed by atoms with Crippen molar-refractivity contribution >= 4 is 5.95 Å². The fraction of sp³-hybridized carbons (Fsp3) is 0.714. The minimum Gasteiger partial charge on any atom is -0.366 e. The van der Waals surface area contributed by atoms with E-state index in [0.717, 1.165) is 18.9 Å². The zero-order valence-corrected chi connectivity index (χ0v) is 7.78. The number of nitrogens with two attached hydrogens (primary N) is 1. The quantitative estimate of drug-likeness (QED) is 0.676. The molecule has 0 saturated carbocycles. The molecule has 0 radical (unpaired) electrons. The van der Waals surface area contributed by atoms with E-state index in [2.05, 4.69) is 15.0 Å². The fourth-order valence-electron chi connectivity index (χ4n) is 0.948. The Hall–Kier alpha value is -1.10. The van der Waals surface area contributed by atoms with Gasteiger partial charge in [-0.2, -0.15) is 4.98 Å². The molecule has 5 heteroatoms. The summed E-state index contributed by atoms with van der Waals surface area (Å²) in [5, 5.41) is 4.04. The van der Waals surface area contributed by atoms with Gasteiger partial charge in [0.2, 0.25) is 5.95 Å². The lowest BCUT2D eigenvalue weighted by atomic mass is 10.5. The average molecular weight is 169 g/mol. The number of aromatic nitrogens is 3. The third-order valence-corrected chi connectivity index (χ3v) is 1.63. The Bertz CT molecular complexity index is 252. The molecule has 0 atom stereocenters. The van der Waals surface area contributed by atoms with Crippen LogP contribution >= 0.6 is 0 Å². The van der Waals surface area contributed by atoms with Gasteiger partial charge < -0.3 is 10.6 Å². The smallest absolute Gasteiger partial charge is 0.239 e. The normalized spacial score (nSPS) is 11.0. The van der Waals surface area contributed by atoms with Gasteiger partial charge in [-0.15, -0.1) is 5.10 Å². The van der Waals surface area contributed by atoms with Gasteiger partial charge in [-0.05, 0) is 21.0 Å². The molecule has 1 heterocycles. The summed E-state index contributed by atoms with van der Waals surface area (Å²) in [6.45, 7) is 3.69. The second kappa shape index (κ2) is 3.53. The number of rotatable bonds is 3. The van der Waals surface area contributed by atoms with Crippen LogP contribution in [0.1, 0.15) is 5.82 Å². The van der Waals surface area contributed by atoms with Crippen molar-refractivity contribution in [3.05, 3.63) is 5.82 Å². The first kappa shape index (κ1) is 8.99. The molecule has 0 aliphatic carbocycles. The average Bonchev–Trinajstić information content (AvgIpc) is 2.26. The number of aryl methyl sites for hydroxylation is 1. The Morgan fingerprint density at radius 3 is 2.58 bits per heavy atom. The lowest BCUT2D eigenvalue weighted by Crippen LogP contribution is -2.19. The highest BCUT2D eigenvalue weighted by molar-refractivity contribution is 5.12. The van der Waals surface area contributed by atoms with Crippen molar-refractivity contribution in [2.24, 2.45) is 0 Å². The summed E-state index contributed by atoms with van der Waals surface area (Å²) in [4.78, 5) is 6.09. The molecule has 12 heavy (non-hydrogen) atoms. The zero-order chi connectivity index (χ0) is 9.14. The lowest BCUT2D eigenvalue weighted by Gasteiger charge is -2.09. The van der Waals surface area contributed by atoms with Crippen LogP contribution in [0.4, 0.5) is 5.95 Å². The van der Waals surface area contributed by atoms with Gasteiger partial charge in [0.05, 0.1) is 6.54 Å². The Morgan fingerprint density at radius 2 is 2.17 bits per heavy atom. The summed E-state index contributed by atoms with van der Waals surface area (Å²) in [7, 11) is 4.05. The van der Waals surface area contributed by atoms with Crippen LogP contribution in [0.15, 0.2) is 0 Å². The van der Waals surface area contributed by atoms with Gasteiger partial charge in [0.25, 0.3) is 0 Å². The summed E-state index contributed by atoms with van der Waals surface area (Å²) in [5.74, 6) is 1.22. The van der Waals surface area contributed by atoms with Crippen molar-refractivity contribution in [1.82, 2.24) is 19.7 Å². The van der Waals surface area contributed by atoms with Crippen LogP contribution in [0.5, 0.6) is 0 Å². The molecule has 0 saturated heterocycles. The maximum absolute atomic E-state index is 5.43. The van der Waals surface area contributed by atoms with Gasteiger partial charge >= 0.3 is 0 Å². The topological polar surface area (TPSA) is 60.0 Å². The third kappa shape index (κ3) is 2.20. The van der Waals surface area contributed by atoms with Crippen molar-refractivity contribution in [2.75, 3.05) is 26.4 Å². The van der Waals surface area contributed by atoms with Gasteiger partial charge in [-0.1, -0.05) is 0 Å². The van der Waals surface area contributed by atoms with E-state index in [1.165, 1.54) is 0 Å². The highest BCUT2D eigenvalue weighted by atomic mass is 15.4. The molecule has 5 nitrogen and oxygen atoms in total. The van der Waals surface area contributed by atoms with Crippen molar-refractivity contribution in [1.29, 1.82) is 0 Å². The number of nitrogen functional groups attached to an aromatic ring is 1. The number of hydrogen-bond donors (Lipinski definition) is 1. The molecule has 68 valence electrons. The molecule has 0 unspecified atom stereocenters. The first-order valence-corrected chi connectivity index (χ1v) is 3.91. The molecule has 1 rings (SSSR count). The van der Waals surface area contributed by atoms with Crippen molar-refractivity contribution in [2.45, 2.75) is 13.5 Å². The van der Waals surface area contributed by atoms with E-state index in [1.54, 1.807) is 0 Å². The van der Waals surface area contributed by atoms with Gasteiger partial charge in [0, 0.05) is 6.54 Å². The fourth-order valence-corrected chi connectivity index (χ4v) is 0.948. The zero-order valence-electron chi connectivity index (χ0n) is 7.78. The maximum Gasteiger partial charge on any atom is 0.239 e. The second-order valence-electron chi connectivity index (χ2n) is 3.04. The van der Waals surface area contributed by atoms with Crippen molar-refractivity contribution < 1.29 is 0 Å². The maximum atomic E-state index is 5.43. The molecule has 0 fully saturated rings. The molecule has 0 aliphatic rings. The molecular weight excluding hydrogens is 154 g/mol. The van der Waals surface area contributed by atoms with Crippen LogP contribution in [0, 0.1) is 6.92 Å². The third-order valence-electron chi connectivity index (χ3n) is 1.63. The molecule has 1 aromatic rings. The van der Waals surface area contributed by atoms with Gasteiger partial charge in [0.15, 0.2) is 0 Å². The molecule has 0 aliphatic heterocycles. The molecule has 2 N–H and O–H groups in total. The SMILES string of the molecule is Cc1nc(N)nn1CCN(C)C. The van der Waals surface area contributed by atoms with E-state index < -0.39 is 0 Å². The number of anilines is 1. The minimum absolute atomic E-state index is 0.353. The first-order chi connectivity index (χ1) is 5.59. The van der Waals surface area contributed by atoms with Crippen LogP contribution in [0.2, 0.25) is 0 Å². The molecule has 0 spiro atoms. The summed E-state index contributed by atoms with van der Waals surface area (Å²) >= 11 is 0. The summed E-state index contributed by atoms with van der Waals surface area (Å²) < 4.78 is 1.81. The van der Waals surface area contributed by atoms with E-state index in [9.17, 15) is 0 Å². The second-order valence-corrected chi connectivity index (χ2v) is 3.04. The van der Waals surface area contributed by atoms with Gasteiger partial charge in [0.1, 0.15) is 5.82 Å². The Morgan fingerprint density at radius 1 is 1.50 bits per heavy atom. The van der Waals surface area contributed by atoms with Gasteiger partial charge in [-0.25, -0.2) is 4.68 Å². The minimum atomic E-state index is 0.353. The Balaban J connectivity index is 2.57. The first-order valence-electron chi connectivity index (χ1n) is 3.91. The lowest BCUT2D eigenvalue weighted by molar-refractivity contribution is 0.370. The van der Waals surface area contributed by atoms with E-state index in [0.29, 0.717) is 5.95 Å². The van der Waals surface area contributed by atoms with E-state index in [1.807, 2.05) is 25.7 Å². The highest BCUT2D eigenvalue weighted by Crippen LogP contribution is 1.97. The molecule has 1 aromatic heterocycles. The molecule has 0 aromatic carbocycles. The molecule has 0 bridgehead atoms.